The number of ketones is 1. The van der Waals surface area contributed by atoms with Crippen molar-refractivity contribution in [2.24, 2.45) is 0 Å². The van der Waals surface area contributed by atoms with Crippen molar-refractivity contribution in [3.05, 3.63) is 80.3 Å². The van der Waals surface area contributed by atoms with Gasteiger partial charge >= 0.3 is 0 Å². The predicted octanol–water partition coefficient (Wildman–Crippen LogP) is 4.15. The van der Waals surface area contributed by atoms with Crippen molar-refractivity contribution in [3.8, 4) is 0 Å². The van der Waals surface area contributed by atoms with Gasteiger partial charge in [0.15, 0.2) is 11.2 Å². The summed E-state index contributed by atoms with van der Waals surface area (Å²) in [6.45, 7) is 0. The lowest BCUT2D eigenvalue weighted by Crippen LogP contribution is -2.14. The molecule has 0 saturated carbocycles. The van der Waals surface area contributed by atoms with E-state index < -0.39 is 0 Å². The molecule has 0 unspecified atom stereocenters. The third-order valence-corrected chi connectivity index (χ3v) is 4.25. The Balaban J connectivity index is 2.15. The second kappa shape index (κ2) is 5.19. The smallest absolute Gasteiger partial charge is 0.199 e. The molecule has 98 valence electrons. The number of carbonyl (C=O) groups is 1. The molecule has 0 radical (unpaired) electrons. The van der Waals surface area contributed by atoms with Crippen LogP contribution in [0.2, 0.25) is 5.02 Å². The Kier molecular flexibility index (Phi) is 3.38. The Hall–Kier alpha value is -1.97. The summed E-state index contributed by atoms with van der Waals surface area (Å²) in [7, 11) is 0. The van der Waals surface area contributed by atoms with Gasteiger partial charge in [0.05, 0.1) is 5.56 Å². The first-order valence-corrected chi connectivity index (χ1v) is 7.23. The molecule has 0 atom stereocenters. The molecule has 20 heavy (non-hydrogen) atoms. The normalized spacial score (nSPS) is 10.7. The highest BCUT2D eigenvalue weighted by Gasteiger charge is 2.14. The lowest BCUT2D eigenvalue weighted by atomic mass is 10.0. The first-order chi connectivity index (χ1) is 9.66. The van der Waals surface area contributed by atoms with E-state index in [4.69, 9.17) is 11.6 Å². The van der Waals surface area contributed by atoms with E-state index >= 15 is 0 Å². The predicted molar refractivity (Wildman–Crippen MR) is 83.0 cm³/mol. The van der Waals surface area contributed by atoms with Crippen LogP contribution >= 0.6 is 22.9 Å². The van der Waals surface area contributed by atoms with E-state index in [1.54, 1.807) is 41.8 Å². The minimum atomic E-state index is -0.270. The average Bonchev–Trinajstić information content (AvgIpc) is 2.48. The number of halogens is 1. The monoisotopic (exact) mass is 300 g/mol. The number of hydrogen-bond donors (Lipinski definition) is 0. The zero-order valence-corrected chi connectivity index (χ0v) is 11.9. The Morgan fingerprint density at radius 2 is 1.70 bits per heavy atom. The van der Waals surface area contributed by atoms with Crippen LogP contribution in [0, 0.1) is 0 Å². The summed E-state index contributed by atoms with van der Waals surface area (Å²) in [6.07, 6.45) is 0. The van der Waals surface area contributed by atoms with Crippen LogP contribution < -0.4 is 5.43 Å². The second-order valence-electron chi connectivity index (χ2n) is 4.31. The first-order valence-electron chi connectivity index (χ1n) is 5.97. The van der Waals surface area contributed by atoms with Gasteiger partial charge in [0.2, 0.25) is 0 Å². The summed E-state index contributed by atoms with van der Waals surface area (Å²) in [5.74, 6) is -0.270. The Labute approximate surface area is 124 Å². The van der Waals surface area contributed by atoms with Crippen molar-refractivity contribution in [1.82, 2.24) is 0 Å². The molecule has 1 aromatic heterocycles. The Morgan fingerprint density at radius 3 is 2.45 bits per heavy atom. The van der Waals surface area contributed by atoms with Gasteiger partial charge in [-0.15, -0.1) is 11.3 Å². The molecule has 0 amide bonds. The molecule has 0 fully saturated rings. The molecular formula is C16H9ClO2S. The van der Waals surface area contributed by atoms with Gasteiger partial charge in [-0.05, 0) is 36.4 Å². The zero-order valence-electron chi connectivity index (χ0n) is 10.3. The van der Waals surface area contributed by atoms with Crippen LogP contribution in [0.4, 0.5) is 0 Å². The van der Waals surface area contributed by atoms with Gasteiger partial charge in [0, 0.05) is 26.1 Å². The van der Waals surface area contributed by atoms with E-state index in [9.17, 15) is 9.59 Å². The van der Waals surface area contributed by atoms with Gasteiger partial charge in [-0.1, -0.05) is 23.7 Å². The summed E-state index contributed by atoms with van der Waals surface area (Å²) in [4.78, 5) is 24.8. The second-order valence-corrected chi connectivity index (χ2v) is 5.66. The molecule has 0 aliphatic heterocycles. The fourth-order valence-electron chi connectivity index (χ4n) is 1.99. The van der Waals surface area contributed by atoms with Crippen LogP contribution in [0.15, 0.2) is 58.7 Å². The number of rotatable bonds is 2. The largest absolute Gasteiger partial charge is 0.288 e. The van der Waals surface area contributed by atoms with Crippen molar-refractivity contribution in [3.63, 3.8) is 0 Å². The van der Waals surface area contributed by atoms with Crippen LogP contribution in [0.25, 0.3) is 10.1 Å². The van der Waals surface area contributed by atoms with Crippen LogP contribution in [0.1, 0.15) is 15.9 Å². The van der Waals surface area contributed by atoms with Crippen LogP contribution in [0.3, 0.4) is 0 Å². The zero-order chi connectivity index (χ0) is 14.1. The minimum absolute atomic E-state index is 0.205. The standard InChI is InChI=1S/C16H9ClO2S/c17-11-7-5-10(6-8-11)15(18)13-9-20-14-4-2-1-3-12(14)16(13)19/h1-9H. The molecule has 2 aromatic carbocycles. The molecule has 0 N–H and O–H groups in total. The highest BCUT2D eigenvalue weighted by atomic mass is 35.5. The molecule has 0 spiro atoms. The fraction of sp³-hybridized carbons (Fsp3) is 0. The van der Waals surface area contributed by atoms with E-state index in [2.05, 4.69) is 0 Å². The first kappa shape index (κ1) is 13.0. The third-order valence-electron chi connectivity index (χ3n) is 3.03. The highest BCUT2D eigenvalue weighted by molar-refractivity contribution is 7.16. The van der Waals surface area contributed by atoms with Crippen LogP contribution in [-0.2, 0) is 0 Å². The Morgan fingerprint density at radius 1 is 1.00 bits per heavy atom. The van der Waals surface area contributed by atoms with Crippen LogP contribution in [-0.4, -0.2) is 5.78 Å². The van der Waals surface area contributed by atoms with Crippen molar-refractivity contribution in [1.29, 1.82) is 0 Å². The quantitative estimate of drug-likeness (QED) is 0.666. The number of hydrogen-bond acceptors (Lipinski definition) is 3. The summed E-state index contributed by atoms with van der Waals surface area (Å²) < 4.78 is 0.880. The number of carbonyl (C=O) groups excluding carboxylic acids is 1. The lowest BCUT2D eigenvalue weighted by molar-refractivity contribution is 0.103. The summed E-state index contributed by atoms with van der Waals surface area (Å²) in [5.41, 5.74) is 0.448. The van der Waals surface area contributed by atoms with E-state index in [0.717, 1.165) is 4.70 Å². The van der Waals surface area contributed by atoms with Gasteiger partial charge < -0.3 is 0 Å². The average molecular weight is 301 g/mol. The fourth-order valence-corrected chi connectivity index (χ4v) is 3.02. The Bertz CT molecular complexity index is 850. The maximum atomic E-state index is 12.4. The van der Waals surface area contributed by atoms with E-state index in [1.165, 1.54) is 11.3 Å². The summed E-state index contributed by atoms with van der Waals surface area (Å²) in [6, 6.07) is 13.8. The highest BCUT2D eigenvalue weighted by Crippen LogP contribution is 2.19. The minimum Gasteiger partial charge on any atom is -0.288 e. The van der Waals surface area contributed by atoms with Gasteiger partial charge in [-0.3, -0.25) is 9.59 Å². The molecule has 0 aliphatic carbocycles. The van der Waals surface area contributed by atoms with Gasteiger partial charge in [-0.2, -0.15) is 0 Å². The topological polar surface area (TPSA) is 34.1 Å². The molecule has 2 nitrogen and oxygen atoms in total. The molecule has 3 aromatic rings. The molecular weight excluding hydrogens is 292 g/mol. The third kappa shape index (κ3) is 2.26. The van der Waals surface area contributed by atoms with Gasteiger partial charge in [0.1, 0.15) is 0 Å². The molecule has 0 aliphatic rings. The molecule has 1 heterocycles. The van der Waals surface area contributed by atoms with E-state index in [1.807, 2.05) is 12.1 Å². The summed E-state index contributed by atoms with van der Waals surface area (Å²) >= 11 is 7.20. The lowest BCUT2D eigenvalue weighted by Gasteiger charge is -2.02. The van der Waals surface area contributed by atoms with Crippen molar-refractivity contribution < 1.29 is 4.79 Å². The number of fused-ring (bicyclic) bond motifs is 1. The van der Waals surface area contributed by atoms with Crippen LogP contribution in [0.5, 0.6) is 0 Å². The number of benzene rings is 2. The van der Waals surface area contributed by atoms with Crippen molar-refractivity contribution >= 4 is 38.8 Å². The molecule has 0 saturated heterocycles. The van der Waals surface area contributed by atoms with Gasteiger partial charge in [-0.25, -0.2) is 0 Å². The van der Waals surface area contributed by atoms with Crippen molar-refractivity contribution in [2.45, 2.75) is 0 Å². The SMILES string of the molecule is O=C(c1ccc(Cl)cc1)c1csc2ccccc2c1=O. The van der Waals surface area contributed by atoms with Crippen molar-refractivity contribution in [2.75, 3.05) is 0 Å². The molecule has 4 heteroatoms. The molecule has 3 rings (SSSR count). The van der Waals surface area contributed by atoms with E-state index in [-0.39, 0.29) is 16.8 Å². The molecule has 0 bridgehead atoms. The maximum absolute atomic E-state index is 12.4. The van der Waals surface area contributed by atoms with Gasteiger partial charge in [0.25, 0.3) is 0 Å². The summed E-state index contributed by atoms with van der Waals surface area (Å²) in [5, 5.41) is 2.77. The van der Waals surface area contributed by atoms with E-state index in [0.29, 0.717) is 16.0 Å². The maximum Gasteiger partial charge on any atom is 0.199 e.